The summed E-state index contributed by atoms with van der Waals surface area (Å²) in [4.78, 5) is 24.7. The molecule has 1 heterocycles. The second kappa shape index (κ2) is 6.35. The molecule has 5 nitrogen and oxygen atoms in total. The largest absolute Gasteiger partial charge is 0.343 e. The van der Waals surface area contributed by atoms with Crippen LogP contribution in [0.5, 0.6) is 0 Å². The lowest BCUT2D eigenvalue weighted by molar-refractivity contribution is -0.129. The number of urea groups is 1. The van der Waals surface area contributed by atoms with Gasteiger partial charge in [-0.2, -0.15) is 0 Å². The fraction of sp³-hybridized carbons (Fsp3) is 0.818. The van der Waals surface area contributed by atoms with Crippen molar-refractivity contribution < 1.29 is 9.59 Å². The van der Waals surface area contributed by atoms with E-state index in [1.807, 2.05) is 18.7 Å². The van der Waals surface area contributed by atoms with Gasteiger partial charge in [0.05, 0.1) is 0 Å². The molecule has 0 aromatic carbocycles. The number of carbonyl (C=O) groups excluding carboxylic acids is 2. The summed E-state index contributed by atoms with van der Waals surface area (Å²) in [5.41, 5.74) is 0. The van der Waals surface area contributed by atoms with Gasteiger partial charge in [0.2, 0.25) is 5.91 Å². The molecule has 92 valence electrons. The van der Waals surface area contributed by atoms with E-state index in [1.165, 1.54) is 0 Å². The molecule has 0 aliphatic carbocycles. The highest BCUT2D eigenvalue weighted by Gasteiger charge is 2.17. The number of rotatable bonds is 4. The summed E-state index contributed by atoms with van der Waals surface area (Å²) in [6.07, 6.45) is 2.60. The lowest BCUT2D eigenvalue weighted by Crippen LogP contribution is -2.41. The van der Waals surface area contributed by atoms with E-state index < -0.39 is 0 Å². The van der Waals surface area contributed by atoms with Crippen molar-refractivity contribution in [1.29, 1.82) is 0 Å². The predicted octanol–water partition coefficient (Wildman–Crippen LogP) is 0.706. The number of nitrogens with zero attached hydrogens (tertiary/aromatic N) is 1. The van der Waals surface area contributed by atoms with Crippen LogP contribution in [-0.4, -0.2) is 42.5 Å². The summed E-state index contributed by atoms with van der Waals surface area (Å²) >= 11 is 0. The van der Waals surface area contributed by atoms with Crippen LogP contribution < -0.4 is 10.6 Å². The Morgan fingerprint density at radius 1 is 1.25 bits per heavy atom. The molecule has 5 heteroatoms. The minimum absolute atomic E-state index is 0.120. The first-order valence-corrected chi connectivity index (χ1v) is 5.91. The Labute approximate surface area is 96.6 Å². The standard InChI is InChI=1S/C11H21N3O2/c1-9(2)13-11(16)12-6-5-10(15)14-7-3-4-8-14/h9H,3-8H2,1-2H3,(H2,12,13,16). The lowest BCUT2D eigenvalue weighted by atomic mass is 10.3. The van der Waals surface area contributed by atoms with Crippen LogP contribution in [0.4, 0.5) is 4.79 Å². The van der Waals surface area contributed by atoms with Gasteiger partial charge in [0, 0.05) is 32.1 Å². The highest BCUT2D eigenvalue weighted by molar-refractivity contribution is 5.78. The van der Waals surface area contributed by atoms with E-state index in [2.05, 4.69) is 10.6 Å². The molecule has 1 aliphatic heterocycles. The van der Waals surface area contributed by atoms with Gasteiger partial charge in [-0.3, -0.25) is 4.79 Å². The fourth-order valence-corrected chi connectivity index (χ4v) is 1.72. The summed E-state index contributed by atoms with van der Waals surface area (Å²) in [5.74, 6) is 0.141. The Morgan fingerprint density at radius 2 is 1.88 bits per heavy atom. The first kappa shape index (κ1) is 12.8. The van der Waals surface area contributed by atoms with E-state index in [9.17, 15) is 9.59 Å². The van der Waals surface area contributed by atoms with Gasteiger partial charge in [-0.05, 0) is 26.7 Å². The average Bonchev–Trinajstić information content (AvgIpc) is 2.68. The van der Waals surface area contributed by atoms with Crippen LogP contribution in [-0.2, 0) is 4.79 Å². The van der Waals surface area contributed by atoms with Gasteiger partial charge in [0.15, 0.2) is 0 Å². The third-order valence-electron chi connectivity index (χ3n) is 2.50. The summed E-state index contributed by atoms with van der Waals surface area (Å²) in [5, 5.41) is 5.38. The van der Waals surface area contributed by atoms with Crippen molar-refractivity contribution in [3.05, 3.63) is 0 Å². The van der Waals surface area contributed by atoms with Crippen molar-refractivity contribution in [2.75, 3.05) is 19.6 Å². The lowest BCUT2D eigenvalue weighted by Gasteiger charge is -2.15. The maximum atomic E-state index is 11.6. The van der Waals surface area contributed by atoms with Gasteiger partial charge in [0.1, 0.15) is 0 Å². The number of amides is 3. The monoisotopic (exact) mass is 227 g/mol. The maximum absolute atomic E-state index is 11.6. The van der Waals surface area contributed by atoms with E-state index in [4.69, 9.17) is 0 Å². The molecule has 1 fully saturated rings. The van der Waals surface area contributed by atoms with Crippen LogP contribution >= 0.6 is 0 Å². The summed E-state index contributed by atoms with van der Waals surface area (Å²) in [6.45, 7) is 5.95. The minimum atomic E-state index is -0.204. The van der Waals surface area contributed by atoms with Crippen molar-refractivity contribution in [1.82, 2.24) is 15.5 Å². The summed E-state index contributed by atoms with van der Waals surface area (Å²) in [6, 6.07) is -0.0847. The zero-order valence-corrected chi connectivity index (χ0v) is 10.1. The number of likely N-dealkylation sites (tertiary alicyclic amines) is 1. The number of hydrogen-bond acceptors (Lipinski definition) is 2. The maximum Gasteiger partial charge on any atom is 0.315 e. The first-order chi connectivity index (χ1) is 7.59. The highest BCUT2D eigenvalue weighted by Crippen LogP contribution is 2.08. The molecule has 2 N–H and O–H groups in total. The van der Waals surface area contributed by atoms with E-state index in [-0.39, 0.29) is 18.0 Å². The topological polar surface area (TPSA) is 61.4 Å². The molecule has 3 amide bonds. The van der Waals surface area contributed by atoms with Gasteiger partial charge >= 0.3 is 6.03 Å². The summed E-state index contributed by atoms with van der Waals surface area (Å²) in [7, 11) is 0. The molecule has 0 radical (unpaired) electrons. The zero-order valence-electron chi connectivity index (χ0n) is 10.1. The smallest absolute Gasteiger partial charge is 0.315 e. The molecule has 0 atom stereocenters. The van der Waals surface area contributed by atoms with Crippen molar-refractivity contribution in [3.8, 4) is 0 Å². The molecular formula is C11H21N3O2. The van der Waals surface area contributed by atoms with Gasteiger partial charge in [0.25, 0.3) is 0 Å². The van der Waals surface area contributed by atoms with Gasteiger partial charge in [-0.15, -0.1) is 0 Å². The molecule has 0 bridgehead atoms. The van der Waals surface area contributed by atoms with E-state index in [0.29, 0.717) is 13.0 Å². The molecule has 1 rings (SSSR count). The van der Waals surface area contributed by atoms with Gasteiger partial charge in [-0.25, -0.2) is 4.79 Å². The number of hydrogen-bond donors (Lipinski definition) is 2. The molecule has 0 aromatic heterocycles. The quantitative estimate of drug-likeness (QED) is 0.743. The molecule has 0 saturated carbocycles. The van der Waals surface area contributed by atoms with Crippen molar-refractivity contribution in [3.63, 3.8) is 0 Å². The zero-order chi connectivity index (χ0) is 12.0. The van der Waals surface area contributed by atoms with Crippen molar-refractivity contribution >= 4 is 11.9 Å². The minimum Gasteiger partial charge on any atom is -0.343 e. The average molecular weight is 227 g/mol. The van der Waals surface area contributed by atoms with E-state index in [1.54, 1.807) is 0 Å². The second-order valence-electron chi connectivity index (χ2n) is 4.39. The van der Waals surface area contributed by atoms with Crippen LogP contribution in [0.3, 0.4) is 0 Å². The molecule has 0 spiro atoms. The molecule has 1 saturated heterocycles. The summed E-state index contributed by atoms with van der Waals surface area (Å²) < 4.78 is 0. The highest BCUT2D eigenvalue weighted by atomic mass is 16.2. The van der Waals surface area contributed by atoms with E-state index in [0.717, 1.165) is 25.9 Å². The molecule has 0 aromatic rings. The number of carbonyl (C=O) groups is 2. The predicted molar refractivity (Wildman–Crippen MR) is 62.1 cm³/mol. The Kier molecular flexibility index (Phi) is 5.08. The van der Waals surface area contributed by atoms with Crippen molar-refractivity contribution in [2.45, 2.75) is 39.2 Å². The number of nitrogens with one attached hydrogen (secondary N) is 2. The molecule has 16 heavy (non-hydrogen) atoms. The third kappa shape index (κ3) is 4.51. The van der Waals surface area contributed by atoms with Crippen LogP contribution in [0, 0.1) is 0 Å². The van der Waals surface area contributed by atoms with E-state index >= 15 is 0 Å². The molecule has 0 unspecified atom stereocenters. The first-order valence-electron chi connectivity index (χ1n) is 5.91. The molecule has 1 aliphatic rings. The van der Waals surface area contributed by atoms with Gasteiger partial charge in [-0.1, -0.05) is 0 Å². The fourth-order valence-electron chi connectivity index (χ4n) is 1.72. The Balaban J connectivity index is 2.10. The molecular weight excluding hydrogens is 206 g/mol. The van der Waals surface area contributed by atoms with Crippen molar-refractivity contribution in [2.24, 2.45) is 0 Å². The third-order valence-corrected chi connectivity index (χ3v) is 2.50. The second-order valence-corrected chi connectivity index (χ2v) is 4.39. The van der Waals surface area contributed by atoms with Crippen LogP contribution in [0.25, 0.3) is 0 Å². The Bertz CT molecular complexity index is 248. The Hall–Kier alpha value is -1.26. The van der Waals surface area contributed by atoms with Crippen LogP contribution in [0.1, 0.15) is 33.1 Å². The normalized spacial score (nSPS) is 15.3. The Morgan fingerprint density at radius 3 is 2.44 bits per heavy atom. The van der Waals surface area contributed by atoms with Crippen LogP contribution in [0.15, 0.2) is 0 Å². The van der Waals surface area contributed by atoms with Crippen LogP contribution in [0.2, 0.25) is 0 Å². The SMILES string of the molecule is CC(C)NC(=O)NCCC(=O)N1CCCC1. The van der Waals surface area contributed by atoms with Gasteiger partial charge < -0.3 is 15.5 Å².